The van der Waals surface area contributed by atoms with Gasteiger partial charge in [0.2, 0.25) is 5.71 Å². The van der Waals surface area contributed by atoms with Gasteiger partial charge in [-0.2, -0.15) is 0 Å². The second-order valence-electron chi connectivity index (χ2n) is 9.69. The Labute approximate surface area is 265 Å². The maximum atomic E-state index is 10.4. The van der Waals surface area contributed by atoms with E-state index in [0.717, 1.165) is 22.5 Å². The van der Waals surface area contributed by atoms with Crippen LogP contribution in [0.3, 0.4) is 0 Å². The van der Waals surface area contributed by atoms with E-state index in [2.05, 4.69) is 9.48 Å². The fourth-order valence-electron chi connectivity index (χ4n) is 4.25. The summed E-state index contributed by atoms with van der Waals surface area (Å²) in [6.45, 7) is 4.77. The van der Waals surface area contributed by atoms with Gasteiger partial charge in [0.25, 0.3) is 0 Å². The molecule has 0 heterocycles. The van der Waals surface area contributed by atoms with Crippen LogP contribution in [-0.4, -0.2) is 118 Å². The normalized spacial score (nSPS) is 14.7. The summed E-state index contributed by atoms with van der Waals surface area (Å²) >= 11 is 0. The molecule has 0 radical (unpaired) electrons. The van der Waals surface area contributed by atoms with Crippen molar-refractivity contribution in [1.82, 2.24) is 0 Å². The Hall–Kier alpha value is -2.88. The summed E-state index contributed by atoms with van der Waals surface area (Å²) in [4.78, 5) is 2.14. The Morgan fingerprint density at radius 1 is 0.717 bits per heavy atom. The van der Waals surface area contributed by atoms with Crippen molar-refractivity contribution in [2.24, 2.45) is 0 Å². The number of aliphatic hydroxyl groups excluding tert-OH is 1. The SMILES string of the molecule is COCCN(CCOC)c1cc(CO)c(C=C2C(OC)=CC(=[N+](CCOC)CCOC)C=C2OC)c(OC)c1.F[P-](F)(F)(F)(F)F. The van der Waals surface area contributed by atoms with Gasteiger partial charge in [-0.05, 0) is 17.7 Å². The molecule has 0 fully saturated rings. The monoisotopic (exact) mass is 694 g/mol. The van der Waals surface area contributed by atoms with E-state index >= 15 is 0 Å². The topological polar surface area (TPSA) is 91.1 Å². The van der Waals surface area contributed by atoms with Crippen molar-refractivity contribution < 1.29 is 68.0 Å². The molecule has 266 valence electrons. The van der Waals surface area contributed by atoms with Crippen molar-refractivity contribution in [2.75, 3.05) is 107 Å². The van der Waals surface area contributed by atoms with Gasteiger partial charge in [0, 0.05) is 58.8 Å². The fourth-order valence-corrected chi connectivity index (χ4v) is 4.25. The van der Waals surface area contributed by atoms with E-state index in [4.69, 9.17) is 33.2 Å². The van der Waals surface area contributed by atoms with Crippen molar-refractivity contribution in [3.63, 3.8) is 0 Å². The Kier molecular flexibility index (Phi) is 16.0. The van der Waals surface area contributed by atoms with Crippen LogP contribution in [0.5, 0.6) is 5.75 Å². The predicted molar refractivity (Wildman–Crippen MR) is 165 cm³/mol. The summed E-state index contributed by atoms with van der Waals surface area (Å²) in [6, 6.07) is 3.92. The number of methoxy groups -OCH3 is 7. The number of hydrogen-bond donors (Lipinski definition) is 1. The summed E-state index contributed by atoms with van der Waals surface area (Å²) in [5, 5.41) is 10.4. The molecular formula is C29H45F6N2O8P. The molecule has 2 rings (SSSR count). The molecule has 1 aromatic rings. The van der Waals surface area contributed by atoms with Crippen LogP contribution in [0.25, 0.3) is 6.08 Å². The minimum atomic E-state index is -10.7. The quantitative estimate of drug-likeness (QED) is 0.115. The summed E-state index contributed by atoms with van der Waals surface area (Å²) in [7, 11) is 0.920. The van der Waals surface area contributed by atoms with Crippen LogP contribution in [0.15, 0.2) is 41.4 Å². The molecule has 0 unspecified atom stereocenters. The molecule has 0 saturated carbocycles. The van der Waals surface area contributed by atoms with Gasteiger partial charge in [-0.25, -0.2) is 4.58 Å². The molecule has 1 aliphatic rings. The van der Waals surface area contributed by atoms with Gasteiger partial charge < -0.3 is 43.2 Å². The number of benzene rings is 1. The van der Waals surface area contributed by atoms with Crippen LogP contribution < -0.4 is 9.64 Å². The van der Waals surface area contributed by atoms with Crippen LogP contribution in [0, 0.1) is 0 Å². The van der Waals surface area contributed by atoms with Crippen molar-refractivity contribution in [3.05, 3.63) is 52.5 Å². The molecule has 0 saturated heterocycles. The summed E-state index contributed by atoms with van der Waals surface area (Å²) in [6.07, 6.45) is 5.87. The molecule has 0 aromatic heterocycles. The standard InChI is InChI=1S/C29H45N2O8.F6P/c1-33-12-8-30(9-13-34-2)23-16-22(21-32)25(27(17-23)37-5)20-26-28(38-6)18-24(19-29(26)39-7)31(10-14-35-3)11-15-36-4;1-7(2,3,4,5)6/h16-20,32H,8-15,21H2,1-7H3;/q+1;-1. The predicted octanol–water partition coefficient (Wildman–Crippen LogP) is 5.87. The van der Waals surface area contributed by atoms with Gasteiger partial charge in [-0.1, -0.05) is 0 Å². The Morgan fingerprint density at radius 3 is 1.54 bits per heavy atom. The first-order valence-corrected chi connectivity index (χ1v) is 15.9. The van der Waals surface area contributed by atoms with Gasteiger partial charge >= 0.3 is 33.0 Å². The number of ether oxygens (including phenoxy) is 7. The fraction of sp³-hybridized carbons (Fsp3) is 0.552. The third-order valence-corrected chi connectivity index (χ3v) is 6.41. The van der Waals surface area contributed by atoms with Gasteiger partial charge in [0.05, 0.1) is 58.9 Å². The van der Waals surface area contributed by atoms with Crippen molar-refractivity contribution in [3.8, 4) is 5.75 Å². The molecule has 0 atom stereocenters. The van der Waals surface area contributed by atoms with Crippen LogP contribution in [0.4, 0.5) is 30.9 Å². The third-order valence-electron chi connectivity index (χ3n) is 6.41. The van der Waals surface area contributed by atoms with E-state index in [-0.39, 0.29) is 6.61 Å². The number of aliphatic hydroxyl groups is 1. The van der Waals surface area contributed by atoms with Crippen molar-refractivity contribution in [2.45, 2.75) is 6.61 Å². The molecular weight excluding hydrogens is 649 g/mol. The Balaban J connectivity index is 0.00000135. The average Bonchev–Trinajstić information content (AvgIpc) is 2.99. The van der Waals surface area contributed by atoms with Crippen molar-refractivity contribution in [1.29, 1.82) is 0 Å². The summed E-state index contributed by atoms with van der Waals surface area (Å²) < 4.78 is 100.0. The van der Waals surface area contributed by atoms with E-state index in [9.17, 15) is 30.3 Å². The maximum absolute atomic E-state index is 10.7. The zero-order valence-corrected chi connectivity index (χ0v) is 28.1. The zero-order chi connectivity index (χ0) is 35.0. The van der Waals surface area contributed by atoms with Crippen LogP contribution in [0.1, 0.15) is 11.1 Å². The Morgan fingerprint density at radius 2 is 1.17 bits per heavy atom. The van der Waals surface area contributed by atoms with Gasteiger partial charge in [0.1, 0.15) is 30.5 Å². The van der Waals surface area contributed by atoms with E-state index in [1.54, 1.807) is 49.8 Å². The average molecular weight is 695 g/mol. The molecule has 1 N–H and O–H groups in total. The van der Waals surface area contributed by atoms with E-state index < -0.39 is 7.81 Å². The molecule has 17 heteroatoms. The summed E-state index contributed by atoms with van der Waals surface area (Å²) in [5.74, 6) is 1.87. The number of hydrogen-bond acceptors (Lipinski definition) is 9. The molecule has 0 bridgehead atoms. The van der Waals surface area contributed by atoms with Crippen LogP contribution in [0.2, 0.25) is 0 Å². The molecule has 1 aliphatic carbocycles. The number of nitrogens with zero attached hydrogens (tertiary/aromatic N) is 2. The van der Waals surface area contributed by atoms with Crippen molar-refractivity contribution >= 4 is 25.3 Å². The number of allylic oxidation sites excluding steroid dienone is 2. The minimum absolute atomic E-state index is 0.178. The van der Waals surface area contributed by atoms with Gasteiger partial charge in [0.15, 0.2) is 13.1 Å². The first-order valence-electron chi connectivity index (χ1n) is 13.9. The molecule has 10 nitrogen and oxygen atoms in total. The van der Waals surface area contributed by atoms with Gasteiger partial charge in [-0.3, -0.25) is 0 Å². The summed E-state index contributed by atoms with van der Waals surface area (Å²) in [5.41, 5.74) is 4.01. The Bertz CT molecular complexity index is 1170. The molecule has 46 heavy (non-hydrogen) atoms. The first kappa shape index (κ1) is 41.1. The molecule has 1 aromatic carbocycles. The second-order valence-corrected chi connectivity index (χ2v) is 11.6. The molecule has 0 spiro atoms. The van der Waals surface area contributed by atoms with E-state index in [1.807, 2.05) is 30.4 Å². The first-order chi connectivity index (χ1) is 21.5. The number of rotatable bonds is 18. The van der Waals surface area contributed by atoms with E-state index in [0.29, 0.717) is 75.4 Å². The molecule has 0 amide bonds. The second kappa shape index (κ2) is 17.9. The molecule has 0 aliphatic heterocycles. The van der Waals surface area contributed by atoms with Crippen LogP contribution >= 0.6 is 7.81 Å². The van der Waals surface area contributed by atoms with Gasteiger partial charge in [-0.15, -0.1) is 0 Å². The zero-order valence-electron chi connectivity index (χ0n) is 27.2. The third kappa shape index (κ3) is 15.6. The van der Waals surface area contributed by atoms with E-state index in [1.165, 1.54) is 0 Å². The van der Waals surface area contributed by atoms with Crippen LogP contribution in [-0.2, 0) is 35.0 Å². The number of halogens is 6. The number of anilines is 1.